The molecule has 1 aliphatic rings. The Kier molecular flexibility index (Phi) is 4.04. The van der Waals surface area contributed by atoms with Crippen molar-refractivity contribution in [2.45, 2.75) is 12.3 Å². The fourth-order valence-electron chi connectivity index (χ4n) is 3.02. The summed E-state index contributed by atoms with van der Waals surface area (Å²) >= 11 is 1.19. The van der Waals surface area contributed by atoms with Gasteiger partial charge in [-0.05, 0) is 23.8 Å². The topological polar surface area (TPSA) is 80.3 Å². The van der Waals surface area contributed by atoms with E-state index < -0.39 is 11.7 Å². The minimum atomic E-state index is -0.675. The van der Waals surface area contributed by atoms with Crippen LogP contribution in [0, 0.1) is 5.82 Å². The van der Waals surface area contributed by atoms with E-state index in [2.05, 4.69) is 15.6 Å². The van der Waals surface area contributed by atoms with Crippen LogP contribution >= 0.6 is 11.3 Å². The van der Waals surface area contributed by atoms with Gasteiger partial charge in [-0.2, -0.15) is 0 Å². The van der Waals surface area contributed by atoms with Gasteiger partial charge in [-0.1, -0.05) is 29.5 Å². The summed E-state index contributed by atoms with van der Waals surface area (Å²) in [5.74, 6) is -1.25. The van der Waals surface area contributed by atoms with Crippen LogP contribution in [0.4, 0.5) is 15.2 Å². The number of amides is 2. The Bertz CT molecular complexity index is 1030. The SMILES string of the molecule is COc1cccc2c1NC(=O)CC2C(=O)Nc1nc2c(F)cccc2s1. The number of aromatic nitrogens is 1. The first-order valence-corrected chi connectivity index (χ1v) is 8.71. The highest BCUT2D eigenvalue weighted by Gasteiger charge is 2.32. The Morgan fingerprint density at radius 2 is 2.15 bits per heavy atom. The molecule has 2 amide bonds. The number of para-hydroxylation sites is 2. The summed E-state index contributed by atoms with van der Waals surface area (Å²) in [7, 11) is 1.50. The lowest BCUT2D eigenvalue weighted by molar-refractivity contribution is -0.123. The number of hydrogen-bond acceptors (Lipinski definition) is 5. The van der Waals surface area contributed by atoms with Crippen molar-refractivity contribution in [3.8, 4) is 5.75 Å². The van der Waals surface area contributed by atoms with Crippen molar-refractivity contribution in [3.05, 3.63) is 47.8 Å². The number of halogens is 1. The number of carbonyl (C=O) groups excluding carboxylic acids is 2. The average Bonchev–Trinajstić information content (AvgIpc) is 3.04. The number of benzene rings is 2. The van der Waals surface area contributed by atoms with Gasteiger partial charge in [0.25, 0.3) is 0 Å². The molecule has 0 spiro atoms. The second kappa shape index (κ2) is 6.38. The van der Waals surface area contributed by atoms with Gasteiger partial charge in [-0.3, -0.25) is 9.59 Å². The van der Waals surface area contributed by atoms with E-state index in [4.69, 9.17) is 4.74 Å². The highest BCUT2D eigenvalue weighted by atomic mass is 32.1. The molecule has 0 saturated heterocycles. The number of fused-ring (bicyclic) bond motifs is 2. The molecule has 132 valence electrons. The van der Waals surface area contributed by atoms with E-state index >= 15 is 0 Å². The number of carbonyl (C=O) groups is 2. The minimum Gasteiger partial charge on any atom is -0.495 e. The van der Waals surface area contributed by atoms with E-state index in [0.29, 0.717) is 26.8 Å². The molecule has 0 bridgehead atoms. The molecule has 26 heavy (non-hydrogen) atoms. The molecule has 6 nitrogen and oxygen atoms in total. The van der Waals surface area contributed by atoms with E-state index in [-0.39, 0.29) is 23.8 Å². The maximum atomic E-state index is 13.8. The molecular formula is C18H14FN3O3S. The van der Waals surface area contributed by atoms with Crippen molar-refractivity contribution in [1.82, 2.24) is 4.98 Å². The van der Waals surface area contributed by atoms with Gasteiger partial charge in [0, 0.05) is 6.42 Å². The molecule has 2 aromatic carbocycles. The third kappa shape index (κ3) is 2.78. The van der Waals surface area contributed by atoms with Crippen LogP contribution in [0.15, 0.2) is 36.4 Å². The molecule has 0 fully saturated rings. The Morgan fingerprint density at radius 3 is 2.92 bits per heavy atom. The molecule has 0 aliphatic carbocycles. The molecule has 0 radical (unpaired) electrons. The van der Waals surface area contributed by atoms with Crippen LogP contribution < -0.4 is 15.4 Å². The Balaban J connectivity index is 1.66. The molecule has 1 aromatic heterocycles. The van der Waals surface area contributed by atoms with E-state index in [1.54, 1.807) is 30.3 Å². The van der Waals surface area contributed by atoms with E-state index in [1.165, 1.54) is 24.5 Å². The quantitative estimate of drug-likeness (QED) is 0.738. The third-order valence-corrected chi connectivity index (χ3v) is 5.16. The van der Waals surface area contributed by atoms with Gasteiger partial charge < -0.3 is 15.4 Å². The number of nitrogens with one attached hydrogen (secondary N) is 2. The van der Waals surface area contributed by atoms with Crippen LogP contribution in [0.3, 0.4) is 0 Å². The van der Waals surface area contributed by atoms with Crippen LogP contribution in [-0.4, -0.2) is 23.9 Å². The van der Waals surface area contributed by atoms with E-state index in [1.807, 2.05) is 0 Å². The molecule has 2 N–H and O–H groups in total. The maximum Gasteiger partial charge on any atom is 0.234 e. The van der Waals surface area contributed by atoms with Crippen molar-refractivity contribution in [2.75, 3.05) is 17.7 Å². The number of rotatable bonds is 3. The third-order valence-electron chi connectivity index (χ3n) is 4.22. The van der Waals surface area contributed by atoms with Crippen molar-refractivity contribution in [3.63, 3.8) is 0 Å². The van der Waals surface area contributed by atoms with Gasteiger partial charge >= 0.3 is 0 Å². The first-order valence-electron chi connectivity index (χ1n) is 7.89. The summed E-state index contributed by atoms with van der Waals surface area (Å²) in [6.45, 7) is 0. The van der Waals surface area contributed by atoms with Crippen molar-refractivity contribution < 1.29 is 18.7 Å². The van der Waals surface area contributed by atoms with Crippen LogP contribution in [-0.2, 0) is 9.59 Å². The second-order valence-electron chi connectivity index (χ2n) is 5.82. The molecule has 1 unspecified atom stereocenters. The van der Waals surface area contributed by atoms with Crippen LogP contribution in [0.5, 0.6) is 5.75 Å². The lowest BCUT2D eigenvalue weighted by Crippen LogP contribution is -2.31. The molecule has 3 aromatic rings. The number of nitrogens with zero attached hydrogens (tertiary/aromatic N) is 1. The molecule has 4 rings (SSSR count). The average molecular weight is 371 g/mol. The zero-order chi connectivity index (χ0) is 18.3. The standard InChI is InChI=1S/C18H14FN3O3S/c1-25-12-6-2-4-9-10(8-14(23)20-15(9)12)17(24)22-18-21-16-11(19)5-3-7-13(16)26-18/h2-7,10H,8H2,1H3,(H,20,23)(H,21,22,24). The second-order valence-corrected chi connectivity index (χ2v) is 6.85. The smallest absolute Gasteiger partial charge is 0.234 e. The van der Waals surface area contributed by atoms with Crippen molar-refractivity contribution >= 4 is 44.2 Å². The normalized spacial score (nSPS) is 16.1. The summed E-state index contributed by atoms with van der Waals surface area (Å²) in [4.78, 5) is 29.0. The summed E-state index contributed by atoms with van der Waals surface area (Å²) in [6.07, 6.45) is 0.0191. The van der Waals surface area contributed by atoms with Gasteiger partial charge in [-0.25, -0.2) is 9.37 Å². The molecular weight excluding hydrogens is 357 g/mol. The zero-order valence-electron chi connectivity index (χ0n) is 13.7. The predicted octanol–water partition coefficient (Wildman–Crippen LogP) is 3.51. The van der Waals surface area contributed by atoms with E-state index in [9.17, 15) is 14.0 Å². The van der Waals surface area contributed by atoms with Gasteiger partial charge in [0.1, 0.15) is 17.1 Å². The van der Waals surface area contributed by atoms with Crippen molar-refractivity contribution in [1.29, 1.82) is 0 Å². The summed E-state index contributed by atoms with van der Waals surface area (Å²) in [6, 6.07) is 9.91. The fraction of sp³-hybridized carbons (Fsp3) is 0.167. The Hall–Kier alpha value is -3.00. The summed E-state index contributed by atoms with van der Waals surface area (Å²) in [5, 5.41) is 5.76. The number of ether oxygens (including phenoxy) is 1. The predicted molar refractivity (Wildman–Crippen MR) is 97.2 cm³/mol. The molecule has 8 heteroatoms. The molecule has 1 aliphatic heterocycles. The van der Waals surface area contributed by atoms with Crippen molar-refractivity contribution in [2.24, 2.45) is 0 Å². The largest absolute Gasteiger partial charge is 0.495 e. The van der Waals surface area contributed by atoms with Gasteiger partial charge in [0.15, 0.2) is 5.13 Å². The molecule has 2 heterocycles. The lowest BCUT2D eigenvalue weighted by Gasteiger charge is -2.25. The maximum absolute atomic E-state index is 13.8. The zero-order valence-corrected chi connectivity index (χ0v) is 14.5. The monoisotopic (exact) mass is 371 g/mol. The molecule has 0 saturated carbocycles. The van der Waals surface area contributed by atoms with Crippen LogP contribution in [0.1, 0.15) is 17.9 Å². The molecule has 1 atom stereocenters. The Morgan fingerprint density at radius 1 is 1.35 bits per heavy atom. The fourth-order valence-corrected chi connectivity index (χ4v) is 3.91. The summed E-state index contributed by atoms with van der Waals surface area (Å²) < 4.78 is 19.7. The van der Waals surface area contributed by atoms with Crippen LogP contribution in [0.2, 0.25) is 0 Å². The number of hydrogen-bond donors (Lipinski definition) is 2. The summed E-state index contributed by atoms with van der Waals surface area (Å²) in [5.41, 5.74) is 1.40. The Labute approximate surface area is 152 Å². The highest BCUT2D eigenvalue weighted by molar-refractivity contribution is 7.22. The lowest BCUT2D eigenvalue weighted by atomic mass is 9.89. The van der Waals surface area contributed by atoms with E-state index in [0.717, 1.165) is 0 Å². The number of methoxy groups -OCH3 is 1. The van der Waals surface area contributed by atoms with Gasteiger partial charge in [0.2, 0.25) is 11.8 Å². The number of thiazole rings is 1. The first-order chi connectivity index (χ1) is 12.6. The number of anilines is 2. The minimum absolute atomic E-state index is 0.0191. The van der Waals surface area contributed by atoms with Gasteiger partial charge in [0.05, 0.1) is 23.4 Å². The van der Waals surface area contributed by atoms with Crippen LogP contribution in [0.25, 0.3) is 10.2 Å². The first kappa shape index (κ1) is 16.5. The van der Waals surface area contributed by atoms with Gasteiger partial charge in [-0.15, -0.1) is 0 Å². The highest BCUT2D eigenvalue weighted by Crippen LogP contribution is 2.39.